The Bertz CT molecular complexity index is 469. The van der Waals surface area contributed by atoms with Crippen LogP contribution in [0.4, 0.5) is 11.4 Å². The summed E-state index contributed by atoms with van der Waals surface area (Å²) < 4.78 is 0. The number of nitro groups is 1. The van der Waals surface area contributed by atoms with E-state index >= 15 is 0 Å². The molecule has 7 heteroatoms. The number of carbonyl (C=O) groups is 2. The zero-order valence-corrected chi connectivity index (χ0v) is 8.26. The van der Waals surface area contributed by atoms with Crippen LogP contribution in [0.2, 0.25) is 0 Å². The van der Waals surface area contributed by atoms with Crippen molar-refractivity contribution >= 4 is 23.8 Å². The van der Waals surface area contributed by atoms with Crippen molar-refractivity contribution in [3.05, 3.63) is 33.4 Å². The van der Waals surface area contributed by atoms with Crippen LogP contribution in [0.25, 0.3) is 0 Å². The minimum Gasteiger partial charge on any atom is -0.477 e. The highest BCUT2D eigenvalue weighted by Gasteiger charge is 2.25. The summed E-state index contributed by atoms with van der Waals surface area (Å²) in [6, 6.07) is 2.52. The Kier molecular flexibility index (Phi) is 3.19. The lowest BCUT2D eigenvalue weighted by Crippen LogP contribution is -2.08. The van der Waals surface area contributed by atoms with Gasteiger partial charge in [0.15, 0.2) is 0 Å². The lowest BCUT2D eigenvalue weighted by Gasteiger charge is -2.06. The topological polar surface area (TPSA) is 110 Å². The molecule has 0 aliphatic rings. The Hall–Kier alpha value is -2.44. The van der Waals surface area contributed by atoms with Crippen LogP contribution in [0, 0.1) is 17.0 Å². The van der Waals surface area contributed by atoms with E-state index in [0.29, 0.717) is 5.56 Å². The Morgan fingerprint density at radius 1 is 1.56 bits per heavy atom. The van der Waals surface area contributed by atoms with E-state index in [1.807, 2.05) is 0 Å². The van der Waals surface area contributed by atoms with Crippen molar-refractivity contribution in [1.29, 1.82) is 0 Å². The molecule has 1 aromatic rings. The maximum Gasteiger partial charge on any atom is 0.342 e. The van der Waals surface area contributed by atoms with Gasteiger partial charge in [-0.3, -0.25) is 14.9 Å². The minimum absolute atomic E-state index is 0.0973. The van der Waals surface area contributed by atoms with Crippen molar-refractivity contribution in [1.82, 2.24) is 0 Å². The predicted molar refractivity (Wildman–Crippen MR) is 54.5 cm³/mol. The van der Waals surface area contributed by atoms with Gasteiger partial charge in [-0.15, -0.1) is 0 Å². The molecule has 16 heavy (non-hydrogen) atoms. The van der Waals surface area contributed by atoms with Crippen molar-refractivity contribution in [2.75, 3.05) is 5.32 Å². The standard InChI is InChI=1S/C9H8N2O5/c1-5-2-3-6(9(13)14)8(11(15)16)7(5)10-4-12/h2-4H,1H3,(H,10,12)(H,13,14). The number of aromatic carboxylic acids is 1. The molecule has 1 amide bonds. The second kappa shape index (κ2) is 4.39. The highest BCUT2D eigenvalue weighted by atomic mass is 16.6. The highest BCUT2D eigenvalue weighted by Crippen LogP contribution is 2.31. The summed E-state index contributed by atoms with van der Waals surface area (Å²) in [5.41, 5.74) is -0.747. The van der Waals surface area contributed by atoms with Crippen LogP contribution in [0.15, 0.2) is 12.1 Å². The number of nitrogens with one attached hydrogen (secondary N) is 1. The largest absolute Gasteiger partial charge is 0.477 e. The second-order valence-electron chi connectivity index (χ2n) is 2.98. The van der Waals surface area contributed by atoms with E-state index in [9.17, 15) is 19.7 Å². The van der Waals surface area contributed by atoms with E-state index in [0.717, 1.165) is 6.07 Å². The third-order valence-electron chi connectivity index (χ3n) is 2.00. The minimum atomic E-state index is -1.42. The van der Waals surface area contributed by atoms with E-state index in [1.54, 1.807) is 0 Å². The summed E-state index contributed by atoms with van der Waals surface area (Å²) in [5.74, 6) is -1.42. The van der Waals surface area contributed by atoms with Gasteiger partial charge in [0.1, 0.15) is 11.3 Å². The summed E-state index contributed by atoms with van der Waals surface area (Å²) in [6.45, 7) is 1.53. The number of aryl methyl sites for hydroxylation is 1. The summed E-state index contributed by atoms with van der Waals surface area (Å²) in [7, 11) is 0. The van der Waals surface area contributed by atoms with Gasteiger partial charge in [-0.25, -0.2) is 4.79 Å². The molecule has 0 atom stereocenters. The van der Waals surface area contributed by atoms with Gasteiger partial charge in [0.25, 0.3) is 0 Å². The molecule has 1 rings (SSSR count). The Morgan fingerprint density at radius 3 is 2.62 bits per heavy atom. The molecule has 7 nitrogen and oxygen atoms in total. The van der Waals surface area contributed by atoms with Gasteiger partial charge in [-0.05, 0) is 18.6 Å². The smallest absolute Gasteiger partial charge is 0.342 e. The molecular weight excluding hydrogens is 216 g/mol. The Labute approximate surface area is 89.8 Å². The quantitative estimate of drug-likeness (QED) is 0.453. The molecule has 2 N–H and O–H groups in total. The molecule has 1 aromatic carbocycles. The van der Waals surface area contributed by atoms with Crippen molar-refractivity contribution in [2.45, 2.75) is 6.92 Å². The molecule has 0 heterocycles. The molecule has 0 saturated carbocycles. The van der Waals surface area contributed by atoms with Crippen LogP contribution in [0.3, 0.4) is 0 Å². The number of carbonyl (C=O) groups excluding carboxylic acids is 1. The molecule has 0 aliphatic carbocycles. The van der Waals surface area contributed by atoms with Crippen LogP contribution in [-0.4, -0.2) is 22.4 Å². The van der Waals surface area contributed by atoms with Crippen LogP contribution >= 0.6 is 0 Å². The maximum absolute atomic E-state index is 10.8. The van der Waals surface area contributed by atoms with Gasteiger partial charge < -0.3 is 10.4 Å². The Morgan fingerprint density at radius 2 is 2.19 bits per heavy atom. The fourth-order valence-corrected chi connectivity index (χ4v) is 1.30. The van der Waals surface area contributed by atoms with Crippen LogP contribution in [-0.2, 0) is 4.79 Å². The molecule has 0 saturated heterocycles. The van der Waals surface area contributed by atoms with Gasteiger partial charge in [0.2, 0.25) is 6.41 Å². The third kappa shape index (κ3) is 1.97. The molecule has 0 radical (unpaired) electrons. The van der Waals surface area contributed by atoms with Gasteiger partial charge in [0, 0.05) is 0 Å². The van der Waals surface area contributed by atoms with E-state index in [1.165, 1.54) is 13.0 Å². The fraction of sp³-hybridized carbons (Fsp3) is 0.111. The number of anilines is 1. The summed E-state index contributed by atoms with van der Waals surface area (Å²) >= 11 is 0. The number of nitro benzene ring substituents is 1. The van der Waals surface area contributed by atoms with Crippen molar-refractivity contribution in [3.8, 4) is 0 Å². The molecular formula is C9H8N2O5. The fourth-order valence-electron chi connectivity index (χ4n) is 1.30. The van der Waals surface area contributed by atoms with E-state index in [2.05, 4.69) is 5.32 Å². The predicted octanol–water partition coefficient (Wildman–Crippen LogP) is 1.17. The zero-order chi connectivity index (χ0) is 12.3. The van der Waals surface area contributed by atoms with Crippen LogP contribution < -0.4 is 5.32 Å². The van der Waals surface area contributed by atoms with Crippen LogP contribution in [0.5, 0.6) is 0 Å². The first kappa shape index (κ1) is 11.6. The third-order valence-corrected chi connectivity index (χ3v) is 2.00. The molecule has 0 aromatic heterocycles. The van der Waals surface area contributed by atoms with E-state index in [4.69, 9.17) is 5.11 Å². The number of benzene rings is 1. The number of hydrogen-bond donors (Lipinski definition) is 2. The number of nitrogens with zero attached hydrogens (tertiary/aromatic N) is 1. The Balaban J connectivity index is 3.55. The molecule has 0 unspecified atom stereocenters. The molecule has 0 bridgehead atoms. The number of rotatable bonds is 4. The van der Waals surface area contributed by atoms with E-state index in [-0.39, 0.29) is 12.1 Å². The number of hydrogen-bond acceptors (Lipinski definition) is 4. The molecule has 0 aliphatic heterocycles. The lowest BCUT2D eigenvalue weighted by molar-refractivity contribution is -0.384. The average molecular weight is 224 g/mol. The molecule has 0 fully saturated rings. The lowest BCUT2D eigenvalue weighted by atomic mass is 10.1. The average Bonchev–Trinajstić information content (AvgIpc) is 2.20. The molecule has 84 valence electrons. The zero-order valence-electron chi connectivity index (χ0n) is 8.26. The second-order valence-corrected chi connectivity index (χ2v) is 2.98. The summed E-state index contributed by atoms with van der Waals surface area (Å²) in [5, 5.41) is 21.7. The van der Waals surface area contributed by atoms with Crippen LogP contribution in [0.1, 0.15) is 15.9 Å². The monoisotopic (exact) mass is 224 g/mol. The first-order valence-electron chi connectivity index (χ1n) is 4.20. The van der Waals surface area contributed by atoms with E-state index < -0.39 is 22.1 Å². The summed E-state index contributed by atoms with van der Waals surface area (Å²) in [6.07, 6.45) is 0.265. The van der Waals surface area contributed by atoms with Crippen molar-refractivity contribution in [3.63, 3.8) is 0 Å². The van der Waals surface area contributed by atoms with Gasteiger partial charge in [0.05, 0.1) is 4.92 Å². The summed E-state index contributed by atoms with van der Waals surface area (Å²) in [4.78, 5) is 31.0. The number of carboxylic acids is 1. The van der Waals surface area contributed by atoms with Gasteiger partial charge >= 0.3 is 11.7 Å². The molecule has 0 spiro atoms. The first-order valence-corrected chi connectivity index (χ1v) is 4.20. The van der Waals surface area contributed by atoms with Gasteiger partial charge in [-0.2, -0.15) is 0 Å². The highest BCUT2D eigenvalue weighted by molar-refractivity contribution is 5.97. The van der Waals surface area contributed by atoms with Gasteiger partial charge in [-0.1, -0.05) is 6.07 Å². The first-order chi connectivity index (χ1) is 7.49. The number of carboxylic acid groups (broad SMARTS) is 1. The van der Waals surface area contributed by atoms with Crippen molar-refractivity contribution < 1.29 is 19.6 Å². The SMILES string of the molecule is Cc1ccc(C(=O)O)c([N+](=O)[O-])c1NC=O. The normalized spacial score (nSPS) is 9.56. The maximum atomic E-state index is 10.8. The number of amides is 1. The van der Waals surface area contributed by atoms with Crippen molar-refractivity contribution in [2.24, 2.45) is 0 Å².